The van der Waals surface area contributed by atoms with Gasteiger partial charge in [0.15, 0.2) is 11.6 Å². The number of carbonyl (C=O) groups excluding carboxylic acids is 2. The highest BCUT2D eigenvalue weighted by molar-refractivity contribution is 6.01. The third kappa shape index (κ3) is 3.56. The fourth-order valence-corrected chi connectivity index (χ4v) is 5.25. The van der Waals surface area contributed by atoms with Crippen LogP contribution >= 0.6 is 0 Å². The van der Waals surface area contributed by atoms with E-state index in [2.05, 4.69) is 32.9 Å². The Kier molecular flexibility index (Phi) is 5.57. The van der Waals surface area contributed by atoms with Crippen molar-refractivity contribution in [3.8, 4) is 0 Å². The lowest BCUT2D eigenvalue weighted by molar-refractivity contribution is -0.144. The summed E-state index contributed by atoms with van der Waals surface area (Å²) in [7, 11) is 0. The predicted molar refractivity (Wildman–Crippen MR) is 122 cm³/mol. The zero-order valence-corrected chi connectivity index (χ0v) is 19.6. The molecule has 3 rings (SSSR count). The van der Waals surface area contributed by atoms with Gasteiger partial charge in [-0.05, 0) is 43.9 Å². The number of ketones is 2. The molecular formula is C27H34O4. The SMILES string of the molecule is CCC(C)(O)C(=O)C1C(C)(C)c2ccccc2C1(C)c1ccc(C(=O)C(C)(C)O)cc1. The van der Waals surface area contributed by atoms with Gasteiger partial charge in [0.25, 0.3) is 0 Å². The molecule has 3 atom stereocenters. The van der Waals surface area contributed by atoms with Crippen LogP contribution in [0, 0.1) is 5.92 Å². The van der Waals surface area contributed by atoms with Crippen molar-refractivity contribution in [2.45, 2.75) is 76.9 Å². The van der Waals surface area contributed by atoms with Crippen molar-refractivity contribution in [1.29, 1.82) is 0 Å². The highest BCUT2D eigenvalue weighted by Crippen LogP contribution is 2.58. The number of hydrogen-bond acceptors (Lipinski definition) is 4. The van der Waals surface area contributed by atoms with E-state index in [1.165, 1.54) is 13.8 Å². The largest absolute Gasteiger partial charge is 0.382 e. The van der Waals surface area contributed by atoms with Crippen molar-refractivity contribution in [2.75, 3.05) is 0 Å². The van der Waals surface area contributed by atoms with Gasteiger partial charge in [0.05, 0.1) is 0 Å². The Morgan fingerprint density at radius 3 is 1.90 bits per heavy atom. The van der Waals surface area contributed by atoms with Crippen LogP contribution in [-0.2, 0) is 15.6 Å². The first-order valence-electron chi connectivity index (χ1n) is 10.9. The number of hydrogen-bond donors (Lipinski definition) is 2. The minimum Gasteiger partial charge on any atom is -0.382 e. The average molecular weight is 423 g/mol. The molecule has 0 aromatic heterocycles. The highest BCUT2D eigenvalue weighted by Gasteiger charge is 2.59. The van der Waals surface area contributed by atoms with Crippen LogP contribution in [0.5, 0.6) is 0 Å². The van der Waals surface area contributed by atoms with Crippen molar-refractivity contribution in [2.24, 2.45) is 5.92 Å². The van der Waals surface area contributed by atoms with Crippen LogP contribution in [-0.4, -0.2) is 33.0 Å². The average Bonchev–Trinajstić information content (AvgIpc) is 2.90. The second kappa shape index (κ2) is 7.39. The predicted octanol–water partition coefficient (Wildman–Crippen LogP) is 4.58. The first kappa shape index (κ1) is 23.4. The first-order valence-corrected chi connectivity index (χ1v) is 10.9. The van der Waals surface area contributed by atoms with Crippen LogP contribution in [0.4, 0.5) is 0 Å². The van der Waals surface area contributed by atoms with E-state index in [0.29, 0.717) is 12.0 Å². The summed E-state index contributed by atoms with van der Waals surface area (Å²) < 4.78 is 0. The molecule has 0 saturated carbocycles. The molecule has 2 N–H and O–H groups in total. The maximum Gasteiger partial charge on any atom is 0.193 e. The lowest BCUT2D eigenvalue weighted by atomic mass is 9.61. The standard InChI is InChI=1S/C27H34O4/c1-8-26(6,31)23(29)21-24(2,3)19-11-9-10-12-20(19)27(21,7)18-15-13-17(14-16-18)22(28)25(4,5)30/h9-16,21,30-31H,8H2,1-7H3. The quantitative estimate of drug-likeness (QED) is 0.668. The van der Waals surface area contributed by atoms with Gasteiger partial charge in [0.2, 0.25) is 0 Å². The van der Waals surface area contributed by atoms with E-state index < -0.39 is 27.9 Å². The van der Waals surface area contributed by atoms with E-state index >= 15 is 0 Å². The Labute approximate surface area is 185 Å². The Balaban J connectivity index is 2.21. The summed E-state index contributed by atoms with van der Waals surface area (Å²) in [6, 6.07) is 15.3. The van der Waals surface area contributed by atoms with Crippen molar-refractivity contribution in [1.82, 2.24) is 0 Å². The van der Waals surface area contributed by atoms with Gasteiger partial charge in [-0.3, -0.25) is 9.59 Å². The molecule has 3 unspecified atom stereocenters. The molecular weight excluding hydrogens is 388 g/mol. The van der Waals surface area contributed by atoms with Crippen LogP contribution < -0.4 is 0 Å². The summed E-state index contributed by atoms with van der Waals surface area (Å²) in [6.07, 6.45) is 0.337. The summed E-state index contributed by atoms with van der Waals surface area (Å²) in [5.41, 5.74) is -0.549. The lowest BCUT2D eigenvalue weighted by Gasteiger charge is -2.41. The third-order valence-corrected chi connectivity index (χ3v) is 7.26. The molecule has 0 bridgehead atoms. The van der Waals surface area contributed by atoms with Gasteiger partial charge in [-0.15, -0.1) is 0 Å². The molecule has 0 aliphatic heterocycles. The Hall–Kier alpha value is -2.30. The molecule has 4 nitrogen and oxygen atoms in total. The van der Waals surface area contributed by atoms with Gasteiger partial charge in [-0.25, -0.2) is 0 Å². The Morgan fingerprint density at radius 2 is 1.42 bits per heavy atom. The summed E-state index contributed by atoms with van der Waals surface area (Å²) in [6.45, 7) is 12.6. The molecule has 1 aliphatic carbocycles. The third-order valence-electron chi connectivity index (χ3n) is 7.26. The topological polar surface area (TPSA) is 74.6 Å². The zero-order valence-electron chi connectivity index (χ0n) is 19.6. The molecule has 0 amide bonds. The van der Waals surface area contributed by atoms with Crippen molar-refractivity contribution in [3.05, 3.63) is 70.8 Å². The van der Waals surface area contributed by atoms with Crippen molar-refractivity contribution >= 4 is 11.6 Å². The van der Waals surface area contributed by atoms with Crippen LogP contribution in [0.3, 0.4) is 0 Å². The number of fused-ring (bicyclic) bond motifs is 1. The monoisotopic (exact) mass is 422 g/mol. The van der Waals surface area contributed by atoms with E-state index in [1.54, 1.807) is 19.1 Å². The minimum absolute atomic E-state index is 0.171. The van der Waals surface area contributed by atoms with Crippen LogP contribution in [0.25, 0.3) is 0 Å². The fraction of sp³-hybridized carbons (Fsp3) is 0.481. The molecule has 0 fully saturated rings. The van der Waals surface area contributed by atoms with E-state index in [-0.39, 0.29) is 11.6 Å². The molecule has 166 valence electrons. The molecule has 0 spiro atoms. The van der Waals surface area contributed by atoms with E-state index in [9.17, 15) is 19.8 Å². The van der Waals surface area contributed by atoms with Gasteiger partial charge >= 0.3 is 0 Å². The summed E-state index contributed by atoms with van der Waals surface area (Å²) in [5.74, 6) is -1.00. The number of carbonyl (C=O) groups is 2. The number of aliphatic hydroxyl groups is 2. The van der Waals surface area contributed by atoms with Crippen LogP contribution in [0.15, 0.2) is 48.5 Å². The van der Waals surface area contributed by atoms with Gasteiger partial charge < -0.3 is 10.2 Å². The van der Waals surface area contributed by atoms with E-state index in [4.69, 9.17) is 0 Å². The minimum atomic E-state index is -1.45. The maximum absolute atomic E-state index is 13.7. The number of Topliss-reactive ketones (excluding diaryl/α,β-unsaturated/α-hetero) is 2. The Bertz CT molecular complexity index is 1010. The van der Waals surface area contributed by atoms with E-state index in [0.717, 1.165) is 16.7 Å². The molecule has 0 radical (unpaired) electrons. The number of rotatable bonds is 6. The summed E-state index contributed by atoms with van der Waals surface area (Å²) in [5, 5.41) is 21.0. The molecule has 4 heteroatoms. The normalized spacial score (nSPS) is 24.4. The molecule has 0 heterocycles. The van der Waals surface area contributed by atoms with Gasteiger partial charge in [0.1, 0.15) is 11.2 Å². The van der Waals surface area contributed by atoms with Crippen LogP contribution in [0.2, 0.25) is 0 Å². The molecule has 1 aliphatic rings. The van der Waals surface area contributed by atoms with Crippen molar-refractivity contribution < 1.29 is 19.8 Å². The van der Waals surface area contributed by atoms with Crippen LogP contribution in [0.1, 0.15) is 81.9 Å². The highest BCUT2D eigenvalue weighted by atomic mass is 16.3. The first-order chi connectivity index (χ1) is 14.2. The van der Waals surface area contributed by atoms with Gasteiger partial charge in [-0.2, -0.15) is 0 Å². The molecule has 0 saturated heterocycles. The summed E-state index contributed by atoms with van der Waals surface area (Å²) >= 11 is 0. The molecule has 2 aromatic rings. The zero-order chi connectivity index (χ0) is 23.4. The smallest absolute Gasteiger partial charge is 0.193 e. The van der Waals surface area contributed by atoms with Crippen molar-refractivity contribution in [3.63, 3.8) is 0 Å². The number of benzene rings is 2. The van der Waals surface area contributed by atoms with Gasteiger partial charge in [0, 0.05) is 22.3 Å². The maximum atomic E-state index is 13.7. The Morgan fingerprint density at radius 1 is 0.903 bits per heavy atom. The second-order valence-electron chi connectivity index (χ2n) is 10.4. The van der Waals surface area contributed by atoms with E-state index in [1.807, 2.05) is 31.2 Å². The molecule has 2 aromatic carbocycles. The second-order valence-corrected chi connectivity index (χ2v) is 10.4. The fourth-order valence-electron chi connectivity index (χ4n) is 5.25. The lowest BCUT2D eigenvalue weighted by Crippen LogP contribution is -2.51. The summed E-state index contributed by atoms with van der Waals surface area (Å²) in [4.78, 5) is 26.2. The van der Waals surface area contributed by atoms with Gasteiger partial charge in [-0.1, -0.05) is 76.2 Å². The molecule has 31 heavy (non-hydrogen) atoms.